The lowest BCUT2D eigenvalue weighted by molar-refractivity contribution is 0.953. The molecule has 0 aliphatic rings. The second kappa shape index (κ2) is 22.6. The lowest BCUT2D eigenvalue weighted by Gasteiger charge is -2.13. The van der Waals surface area contributed by atoms with Crippen molar-refractivity contribution in [1.82, 2.24) is 33.2 Å². The summed E-state index contributed by atoms with van der Waals surface area (Å²) in [5.41, 5.74) is 21.8. The van der Waals surface area contributed by atoms with Crippen LogP contribution in [0.5, 0.6) is 0 Å². The minimum atomic E-state index is 0.585. The molecular weight excluding hydrogens is 1140 g/mol. The molecule has 19 rings (SSSR count). The van der Waals surface area contributed by atoms with Crippen LogP contribution < -0.4 is 0 Å². The summed E-state index contributed by atoms with van der Waals surface area (Å²) in [6, 6.07) is 123. The zero-order chi connectivity index (χ0) is 62.1. The summed E-state index contributed by atoms with van der Waals surface area (Å²) in [6.07, 6.45) is 0. The monoisotopic (exact) mass is 1200 g/mol. The first kappa shape index (κ1) is 54.2. The van der Waals surface area contributed by atoms with Gasteiger partial charge in [0.05, 0.1) is 44.1 Å². The Bertz CT molecular complexity index is 5830. The molecule has 19 aromatic rings. The minimum Gasteiger partial charge on any atom is -0.309 e. The maximum absolute atomic E-state index is 5.17. The van der Waals surface area contributed by atoms with E-state index in [1.165, 1.54) is 87.8 Å². The zero-order valence-corrected chi connectivity index (χ0v) is 51.0. The fraction of sp³-hybridized carbons (Fsp3) is 0. The van der Waals surface area contributed by atoms with Crippen LogP contribution in [0.3, 0.4) is 0 Å². The number of hydrogen-bond acceptors (Lipinski definition) is 3. The molecule has 0 atom stereocenters. The fourth-order valence-electron chi connectivity index (χ4n) is 14.2. The van der Waals surface area contributed by atoms with Gasteiger partial charge in [-0.05, 0) is 118 Å². The van der Waals surface area contributed by atoms with Crippen molar-refractivity contribution in [3.8, 4) is 79.2 Å². The highest BCUT2D eigenvalue weighted by Crippen LogP contribution is 2.43. The SMILES string of the molecule is c1ccc(-c2cccc(-n3c4ccccc4c4cc(-c5ccc6c(c5)c5ccccc5n6-c5cccc(-c6ccccc6)c5)ccc43)c2)cc1.c1ccc(-c2nc(-c3ccccc3)nc(-n3c4ccccc4c4ccc5c6ccccc6n(-c6ccccc6)c5c43)n2)cc1. The maximum atomic E-state index is 5.17. The third-order valence-corrected chi connectivity index (χ3v) is 18.5. The molecule has 0 bridgehead atoms. The van der Waals surface area contributed by atoms with Gasteiger partial charge in [0, 0.05) is 71.3 Å². The lowest BCUT2D eigenvalue weighted by Crippen LogP contribution is -2.07. The Hall–Kier alpha value is -12.7. The summed E-state index contributed by atoms with van der Waals surface area (Å²) < 4.78 is 9.41. The van der Waals surface area contributed by atoms with Crippen LogP contribution in [0.1, 0.15) is 0 Å². The van der Waals surface area contributed by atoms with E-state index in [0.29, 0.717) is 17.6 Å². The van der Waals surface area contributed by atoms with E-state index < -0.39 is 0 Å². The highest BCUT2D eigenvalue weighted by atomic mass is 15.2. The van der Waals surface area contributed by atoms with Gasteiger partial charge in [0.2, 0.25) is 5.95 Å². The molecule has 0 radical (unpaired) electrons. The van der Waals surface area contributed by atoms with Crippen molar-refractivity contribution in [3.63, 3.8) is 0 Å². The molecule has 0 N–H and O–H groups in total. The van der Waals surface area contributed by atoms with Gasteiger partial charge in [0.1, 0.15) is 0 Å². The van der Waals surface area contributed by atoms with Gasteiger partial charge >= 0.3 is 0 Å². The highest BCUT2D eigenvalue weighted by molar-refractivity contribution is 6.24. The van der Waals surface area contributed by atoms with Gasteiger partial charge in [-0.25, -0.2) is 4.98 Å². The number of para-hydroxylation sites is 5. The van der Waals surface area contributed by atoms with Crippen molar-refractivity contribution in [1.29, 1.82) is 0 Å². The van der Waals surface area contributed by atoms with Gasteiger partial charge in [-0.15, -0.1) is 0 Å². The topological polar surface area (TPSA) is 58.4 Å². The molecule has 0 aliphatic carbocycles. The van der Waals surface area contributed by atoms with Crippen LogP contribution in [0.2, 0.25) is 0 Å². The van der Waals surface area contributed by atoms with Gasteiger partial charge in [0.15, 0.2) is 11.6 Å². The highest BCUT2D eigenvalue weighted by Gasteiger charge is 2.24. The largest absolute Gasteiger partial charge is 0.309 e. The van der Waals surface area contributed by atoms with Crippen molar-refractivity contribution < 1.29 is 0 Å². The van der Waals surface area contributed by atoms with E-state index in [4.69, 9.17) is 15.0 Å². The van der Waals surface area contributed by atoms with Crippen LogP contribution >= 0.6 is 0 Å². The molecule has 0 saturated heterocycles. The molecule has 0 unspecified atom stereocenters. The van der Waals surface area contributed by atoms with E-state index in [-0.39, 0.29) is 0 Å². The van der Waals surface area contributed by atoms with Crippen molar-refractivity contribution >= 4 is 87.2 Å². The van der Waals surface area contributed by atoms with Crippen LogP contribution in [0.15, 0.2) is 346 Å². The van der Waals surface area contributed by atoms with Crippen molar-refractivity contribution in [2.24, 2.45) is 0 Å². The van der Waals surface area contributed by atoms with Gasteiger partial charge in [0.25, 0.3) is 0 Å². The minimum absolute atomic E-state index is 0.585. The standard InChI is InChI=1S/C48H32N2.C39H25N5/c1-3-13-33(14-4-1)35-17-11-19-39(29-35)49-45-23-9-7-21-41(45)43-31-37(25-27-47(43)49)38-26-28-48-44(32-38)42-22-8-10-24-46(42)50(48)40-20-12-18-36(30-40)34-15-5-2-6-16-34;1-4-14-26(15-5-1)37-40-38(27-16-6-2-7-17-27)42-39(41-37)44-34-23-13-11-21-30(34)32-25-24-31-29-20-10-12-22-33(29)43(35(31)36(32)44)28-18-8-3-9-19-28/h1-32H;1-25H. The maximum Gasteiger partial charge on any atom is 0.238 e. The van der Waals surface area contributed by atoms with Crippen molar-refractivity contribution in [2.75, 3.05) is 0 Å². The fourth-order valence-corrected chi connectivity index (χ4v) is 14.2. The van der Waals surface area contributed by atoms with E-state index in [2.05, 4.69) is 303 Å². The Morgan fingerprint density at radius 3 is 0.915 bits per heavy atom. The first-order chi connectivity index (χ1) is 46.6. The van der Waals surface area contributed by atoms with Gasteiger partial charge in [-0.2, -0.15) is 9.97 Å². The summed E-state index contributed by atoms with van der Waals surface area (Å²) >= 11 is 0. The molecule has 0 aliphatic heterocycles. The Balaban J connectivity index is 0.000000139. The molecule has 5 heterocycles. The molecule has 7 heteroatoms. The van der Waals surface area contributed by atoms with E-state index in [1.54, 1.807) is 0 Å². The van der Waals surface area contributed by atoms with Crippen molar-refractivity contribution in [2.45, 2.75) is 0 Å². The van der Waals surface area contributed by atoms with Gasteiger partial charge in [-0.1, -0.05) is 261 Å². The Morgan fingerprint density at radius 1 is 0.170 bits per heavy atom. The molecule has 0 amide bonds. The number of aromatic nitrogens is 7. The quantitative estimate of drug-likeness (QED) is 0.145. The molecule has 5 aromatic heterocycles. The summed E-state index contributed by atoms with van der Waals surface area (Å²) in [4.78, 5) is 15.3. The van der Waals surface area contributed by atoms with E-state index >= 15 is 0 Å². The smallest absolute Gasteiger partial charge is 0.238 e. The Kier molecular flexibility index (Phi) is 13.1. The average Bonchev–Trinajstić information content (AvgIpc) is 1.85. The summed E-state index contributed by atoms with van der Waals surface area (Å²) in [6.45, 7) is 0. The van der Waals surface area contributed by atoms with Crippen LogP contribution in [0.4, 0.5) is 0 Å². The number of benzene rings is 14. The molecule has 440 valence electrons. The van der Waals surface area contributed by atoms with Crippen LogP contribution in [-0.2, 0) is 0 Å². The normalized spacial score (nSPS) is 11.6. The first-order valence-corrected chi connectivity index (χ1v) is 31.9. The predicted octanol–water partition coefficient (Wildman–Crippen LogP) is 22.3. The predicted molar refractivity (Wildman–Crippen MR) is 391 cm³/mol. The number of hydrogen-bond donors (Lipinski definition) is 0. The number of nitrogens with zero attached hydrogens (tertiary/aromatic N) is 7. The average molecular weight is 1200 g/mol. The van der Waals surface area contributed by atoms with Crippen LogP contribution in [0, 0.1) is 0 Å². The van der Waals surface area contributed by atoms with Gasteiger partial charge < -0.3 is 13.7 Å². The lowest BCUT2D eigenvalue weighted by atomic mass is 10.0. The summed E-state index contributed by atoms with van der Waals surface area (Å²) in [5, 5.41) is 9.70. The molecule has 14 aromatic carbocycles. The van der Waals surface area contributed by atoms with Gasteiger partial charge in [-0.3, -0.25) is 4.57 Å². The first-order valence-electron chi connectivity index (χ1n) is 31.9. The molecular formula is C87H57N7. The number of rotatable bonds is 9. The second-order valence-corrected chi connectivity index (χ2v) is 23.9. The molecule has 0 spiro atoms. The summed E-state index contributed by atoms with van der Waals surface area (Å²) in [5.74, 6) is 1.86. The summed E-state index contributed by atoms with van der Waals surface area (Å²) in [7, 11) is 0. The van der Waals surface area contributed by atoms with Crippen LogP contribution in [0.25, 0.3) is 166 Å². The second-order valence-electron chi connectivity index (χ2n) is 23.9. The molecule has 94 heavy (non-hydrogen) atoms. The molecule has 7 nitrogen and oxygen atoms in total. The van der Waals surface area contributed by atoms with E-state index in [9.17, 15) is 0 Å². The van der Waals surface area contributed by atoms with Crippen LogP contribution in [-0.4, -0.2) is 33.2 Å². The molecule has 0 fully saturated rings. The van der Waals surface area contributed by atoms with Crippen molar-refractivity contribution in [3.05, 3.63) is 346 Å². The Labute approximate surface area is 542 Å². The van der Waals surface area contributed by atoms with E-state index in [1.807, 2.05) is 60.7 Å². The van der Waals surface area contributed by atoms with E-state index in [0.717, 1.165) is 61.0 Å². The third kappa shape index (κ3) is 9.16. The molecule has 0 saturated carbocycles. The Morgan fingerprint density at radius 2 is 0.479 bits per heavy atom. The zero-order valence-electron chi connectivity index (χ0n) is 51.0. The number of fused-ring (bicyclic) bond motifs is 13. The third-order valence-electron chi connectivity index (χ3n) is 18.5.